The Balaban J connectivity index is 2.46. The Morgan fingerprint density at radius 3 is 2.61 bits per heavy atom. The molecule has 1 amide bonds. The highest BCUT2D eigenvalue weighted by Crippen LogP contribution is 2.35. The molecule has 3 nitrogen and oxygen atoms in total. The van der Waals surface area contributed by atoms with Crippen LogP contribution < -0.4 is 4.74 Å². The summed E-state index contributed by atoms with van der Waals surface area (Å²) >= 11 is 0. The van der Waals surface area contributed by atoms with Gasteiger partial charge in [0, 0.05) is 43.1 Å². The number of carbonyl (C=O) groups excluding carboxylic acids is 1. The topological polar surface area (TPSA) is 29.5 Å². The Bertz CT molecular complexity index is 502. The number of carbonyl (C=O) groups is 1. The summed E-state index contributed by atoms with van der Waals surface area (Å²) in [5.74, 6) is -1.59. The van der Waals surface area contributed by atoms with Gasteiger partial charge in [0.05, 0.1) is 7.11 Å². The summed E-state index contributed by atoms with van der Waals surface area (Å²) in [5.41, 5.74) is 0.266. The summed E-state index contributed by atoms with van der Waals surface area (Å²) in [6.07, 6.45) is 0.149. The molecular formula is C13H15F2NO2. The van der Waals surface area contributed by atoms with E-state index in [0.29, 0.717) is 6.54 Å². The Morgan fingerprint density at radius 1 is 1.44 bits per heavy atom. The van der Waals surface area contributed by atoms with E-state index in [1.54, 1.807) is 7.05 Å². The molecule has 18 heavy (non-hydrogen) atoms. The van der Waals surface area contributed by atoms with Crippen LogP contribution >= 0.6 is 0 Å². The number of ether oxygens (including phenoxy) is 1. The molecule has 0 N–H and O–H groups in total. The van der Waals surface area contributed by atoms with Gasteiger partial charge < -0.3 is 9.64 Å². The zero-order valence-electron chi connectivity index (χ0n) is 10.6. The van der Waals surface area contributed by atoms with Crippen LogP contribution in [0.15, 0.2) is 6.07 Å². The maximum Gasteiger partial charge on any atom is 0.223 e. The van der Waals surface area contributed by atoms with Gasteiger partial charge in [-0.15, -0.1) is 0 Å². The number of amides is 1. The van der Waals surface area contributed by atoms with E-state index < -0.39 is 17.6 Å². The Morgan fingerprint density at radius 2 is 2.11 bits per heavy atom. The smallest absolute Gasteiger partial charge is 0.223 e. The zero-order valence-corrected chi connectivity index (χ0v) is 10.6. The lowest BCUT2D eigenvalue weighted by atomic mass is 9.95. The van der Waals surface area contributed by atoms with Crippen LogP contribution in [0.4, 0.5) is 8.78 Å². The fraction of sp³-hybridized carbons (Fsp3) is 0.462. The normalized spacial score (nSPS) is 19.5. The molecule has 0 bridgehead atoms. The standard InChI is InChI=1S/C13H15F2NO2/c1-7-10(18-3)5-9(14)12(13(7)15)8-4-11(17)16(2)6-8/h5,8H,4,6H2,1-3H3/t8-/m0/s1. The summed E-state index contributed by atoms with van der Waals surface area (Å²) in [6, 6.07) is 1.18. The number of hydrogen-bond acceptors (Lipinski definition) is 2. The van der Waals surface area contributed by atoms with Crippen LogP contribution in [-0.4, -0.2) is 31.5 Å². The van der Waals surface area contributed by atoms with Crippen LogP contribution in [0.3, 0.4) is 0 Å². The van der Waals surface area contributed by atoms with Gasteiger partial charge in [0.2, 0.25) is 5.91 Å². The molecule has 1 aliphatic heterocycles. The predicted octanol–water partition coefficient (Wildman–Crippen LogP) is 2.23. The van der Waals surface area contributed by atoms with Crippen molar-refractivity contribution < 1.29 is 18.3 Å². The lowest BCUT2D eigenvalue weighted by molar-refractivity contribution is -0.126. The summed E-state index contributed by atoms with van der Waals surface area (Å²) in [6.45, 7) is 1.88. The van der Waals surface area contributed by atoms with Gasteiger partial charge in [0.25, 0.3) is 0 Å². The molecule has 98 valence electrons. The van der Waals surface area contributed by atoms with Gasteiger partial charge in [-0.1, -0.05) is 0 Å². The molecule has 1 aliphatic rings. The molecular weight excluding hydrogens is 240 g/mol. The molecule has 1 fully saturated rings. The van der Waals surface area contributed by atoms with Crippen LogP contribution in [0, 0.1) is 18.6 Å². The largest absolute Gasteiger partial charge is 0.496 e. The van der Waals surface area contributed by atoms with E-state index in [1.165, 1.54) is 25.0 Å². The molecule has 1 atom stereocenters. The highest BCUT2D eigenvalue weighted by Gasteiger charge is 2.33. The Kier molecular flexibility index (Phi) is 3.24. The number of methoxy groups -OCH3 is 1. The van der Waals surface area contributed by atoms with Crippen LogP contribution in [0.1, 0.15) is 23.5 Å². The van der Waals surface area contributed by atoms with Crippen LogP contribution in [-0.2, 0) is 4.79 Å². The first-order valence-electron chi connectivity index (χ1n) is 5.72. The minimum absolute atomic E-state index is 0.00833. The maximum absolute atomic E-state index is 14.2. The molecule has 0 spiro atoms. The molecule has 2 rings (SSSR count). The van der Waals surface area contributed by atoms with Gasteiger partial charge in [-0.3, -0.25) is 4.79 Å². The molecule has 0 aliphatic carbocycles. The van der Waals surface area contributed by atoms with Crippen LogP contribution in [0.5, 0.6) is 5.75 Å². The van der Waals surface area contributed by atoms with Crippen molar-refractivity contribution in [1.29, 1.82) is 0 Å². The summed E-state index contributed by atoms with van der Waals surface area (Å²) < 4.78 is 33.0. The van der Waals surface area contributed by atoms with Crippen molar-refractivity contribution in [3.8, 4) is 5.75 Å². The average molecular weight is 255 g/mol. The monoisotopic (exact) mass is 255 g/mol. The number of rotatable bonds is 2. The van der Waals surface area contributed by atoms with Gasteiger partial charge in [-0.25, -0.2) is 8.78 Å². The third kappa shape index (κ3) is 1.94. The fourth-order valence-electron chi connectivity index (χ4n) is 2.36. The first-order chi connectivity index (χ1) is 8.45. The second-order valence-electron chi connectivity index (χ2n) is 4.59. The molecule has 0 saturated carbocycles. The molecule has 5 heteroatoms. The molecule has 1 aromatic rings. The Hall–Kier alpha value is -1.65. The summed E-state index contributed by atoms with van der Waals surface area (Å²) in [7, 11) is 3.00. The first kappa shape index (κ1) is 12.8. The van der Waals surface area contributed by atoms with E-state index in [1.807, 2.05) is 0 Å². The number of nitrogens with zero attached hydrogens (tertiary/aromatic N) is 1. The SMILES string of the molecule is COc1cc(F)c([C@H]2CC(=O)N(C)C2)c(F)c1C. The number of hydrogen-bond donors (Lipinski definition) is 0. The van der Waals surface area contributed by atoms with E-state index in [4.69, 9.17) is 4.74 Å². The molecule has 0 aromatic heterocycles. The van der Waals surface area contributed by atoms with E-state index in [0.717, 1.165) is 0 Å². The molecule has 1 aromatic carbocycles. The van der Waals surface area contributed by atoms with Gasteiger partial charge in [0.1, 0.15) is 17.4 Å². The van der Waals surface area contributed by atoms with Crippen molar-refractivity contribution in [2.24, 2.45) is 0 Å². The lowest BCUT2D eigenvalue weighted by Crippen LogP contribution is -2.19. The van der Waals surface area contributed by atoms with Crippen molar-refractivity contribution in [2.75, 3.05) is 20.7 Å². The van der Waals surface area contributed by atoms with E-state index >= 15 is 0 Å². The zero-order chi connectivity index (χ0) is 13.4. The highest BCUT2D eigenvalue weighted by atomic mass is 19.1. The van der Waals surface area contributed by atoms with Crippen molar-refractivity contribution in [3.05, 3.63) is 28.8 Å². The second-order valence-corrected chi connectivity index (χ2v) is 4.59. The van der Waals surface area contributed by atoms with Crippen molar-refractivity contribution in [2.45, 2.75) is 19.3 Å². The van der Waals surface area contributed by atoms with Crippen molar-refractivity contribution >= 4 is 5.91 Å². The second kappa shape index (κ2) is 4.55. The number of halogens is 2. The predicted molar refractivity (Wildman–Crippen MR) is 62.6 cm³/mol. The van der Waals surface area contributed by atoms with E-state index in [2.05, 4.69) is 0 Å². The van der Waals surface area contributed by atoms with E-state index in [9.17, 15) is 13.6 Å². The molecule has 0 unspecified atom stereocenters. The molecule has 1 saturated heterocycles. The summed E-state index contributed by atoms with van der Waals surface area (Å²) in [5, 5.41) is 0. The van der Waals surface area contributed by atoms with Gasteiger partial charge in [-0.05, 0) is 6.92 Å². The number of benzene rings is 1. The van der Waals surface area contributed by atoms with E-state index in [-0.39, 0.29) is 29.2 Å². The lowest BCUT2D eigenvalue weighted by Gasteiger charge is -2.16. The number of likely N-dealkylation sites (tertiary alicyclic amines) is 1. The number of likely N-dealkylation sites (N-methyl/N-ethyl adjacent to an activating group) is 1. The minimum atomic E-state index is -0.650. The summed E-state index contributed by atoms with van der Waals surface area (Å²) in [4.78, 5) is 12.9. The third-order valence-corrected chi connectivity index (χ3v) is 3.42. The van der Waals surface area contributed by atoms with Crippen LogP contribution in [0.2, 0.25) is 0 Å². The average Bonchev–Trinajstić information content (AvgIpc) is 2.64. The Labute approximate surface area is 104 Å². The molecule has 1 heterocycles. The molecule has 0 radical (unpaired) electrons. The van der Waals surface area contributed by atoms with Gasteiger partial charge in [0.15, 0.2) is 0 Å². The van der Waals surface area contributed by atoms with Gasteiger partial charge >= 0.3 is 0 Å². The minimum Gasteiger partial charge on any atom is -0.496 e. The van der Waals surface area contributed by atoms with Crippen molar-refractivity contribution in [3.63, 3.8) is 0 Å². The quantitative estimate of drug-likeness (QED) is 0.811. The fourth-order valence-corrected chi connectivity index (χ4v) is 2.36. The third-order valence-electron chi connectivity index (χ3n) is 3.42. The maximum atomic E-state index is 14.2. The highest BCUT2D eigenvalue weighted by molar-refractivity contribution is 5.79. The van der Waals surface area contributed by atoms with Gasteiger partial charge in [-0.2, -0.15) is 0 Å². The van der Waals surface area contributed by atoms with Crippen molar-refractivity contribution in [1.82, 2.24) is 4.90 Å². The first-order valence-corrected chi connectivity index (χ1v) is 5.72. The van der Waals surface area contributed by atoms with Crippen LogP contribution in [0.25, 0.3) is 0 Å².